The van der Waals surface area contributed by atoms with Crippen LogP contribution in [-0.2, 0) is 0 Å². The summed E-state index contributed by atoms with van der Waals surface area (Å²) in [6.45, 7) is 0.673. The fraction of sp³-hybridized carbons (Fsp3) is 0.176. The van der Waals surface area contributed by atoms with Gasteiger partial charge in [0.1, 0.15) is 24.6 Å². The SMILES string of the molecule is CN(CCOc1ccccc1F)c1ncnc2cccc(F)c12. The van der Waals surface area contributed by atoms with Gasteiger partial charge in [0.2, 0.25) is 0 Å². The van der Waals surface area contributed by atoms with E-state index in [-0.39, 0.29) is 18.2 Å². The number of halogens is 2. The zero-order valence-corrected chi connectivity index (χ0v) is 12.5. The Morgan fingerprint density at radius 3 is 2.61 bits per heavy atom. The van der Waals surface area contributed by atoms with Crippen LogP contribution in [0.15, 0.2) is 48.8 Å². The third kappa shape index (κ3) is 3.21. The van der Waals surface area contributed by atoms with Gasteiger partial charge < -0.3 is 9.64 Å². The summed E-state index contributed by atoms with van der Waals surface area (Å²) in [5.41, 5.74) is 0.539. The highest BCUT2D eigenvalue weighted by Crippen LogP contribution is 2.24. The van der Waals surface area contributed by atoms with Gasteiger partial charge >= 0.3 is 0 Å². The number of aromatic nitrogens is 2. The molecule has 1 heterocycles. The molecule has 0 fully saturated rings. The Bertz CT molecular complexity index is 821. The molecule has 0 spiro atoms. The van der Waals surface area contributed by atoms with E-state index >= 15 is 0 Å². The molecule has 0 N–H and O–H groups in total. The Kier molecular flexibility index (Phi) is 4.32. The Balaban J connectivity index is 1.74. The summed E-state index contributed by atoms with van der Waals surface area (Å²) in [5, 5.41) is 0.364. The summed E-state index contributed by atoms with van der Waals surface area (Å²) in [6, 6.07) is 10.9. The smallest absolute Gasteiger partial charge is 0.165 e. The fourth-order valence-electron chi connectivity index (χ4n) is 2.30. The Morgan fingerprint density at radius 1 is 1.00 bits per heavy atom. The molecule has 6 heteroatoms. The molecule has 0 radical (unpaired) electrons. The van der Waals surface area contributed by atoms with Crippen molar-refractivity contribution in [2.45, 2.75) is 0 Å². The number of ether oxygens (including phenoxy) is 1. The normalized spacial score (nSPS) is 10.7. The van der Waals surface area contributed by atoms with Crippen LogP contribution in [0, 0.1) is 11.6 Å². The maximum atomic E-state index is 14.1. The number of likely N-dealkylation sites (N-methyl/N-ethyl adjacent to an activating group) is 1. The lowest BCUT2D eigenvalue weighted by Crippen LogP contribution is -2.25. The molecule has 0 unspecified atom stereocenters. The van der Waals surface area contributed by atoms with E-state index in [1.165, 1.54) is 18.5 Å². The first-order chi connectivity index (χ1) is 11.2. The van der Waals surface area contributed by atoms with E-state index in [1.807, 2.05) is 0 Å². The van der Waals surface area contributed by atoms with Gasteiger partial charge in [-0.05, 0) is 24.3 Å². The van der Waals surface area contributed by atoms with Crippen molar-refractivity contribution in [3.8, 4) is 5.75 Å². The molecule has 1 aromatic heterocycles. The van der Waals surface area contributed by atoms with Crippen LogP contribution in [0.3, 0.4) is 0 Å². The summed E-state index contributed by atoms with van der Waals surface area (Å²) < 4.78 is 33.0. The molecule has 0 atom stereocenters. The lowest BCUT2D eigenvalue weighted by Gasteiger charge is -2.20. The molecule has 118 valence electrons. The van der Waals surface area contributed by atoms with Gasteiger partial charge in [0.05, 0.1) is 17.4 Å². The molecular formula is C17H15F2N3O. The first kappa shape index (κ1) is 15.1. The standard InChI is InChI=1S/C17H15F2N3O/c1-22(9-10-23-15-8-3-2-5-12(15)18)17-16-13(19)6-4-7-14(16)20-11-21-17/h2-8,11H,9-10H2,1H3. The van der Waals surface area contributed by atoms with E-state index in [0.717, 1.165) is 0 Å². The maximum absolute atomic E-state index is 14.1. The number of benzene rings is 2. The van der Waals surface area contributed by atoms with E-state index in [0.29, 0.717) is 23.3 Å². The van der Waals surface area contributed by atoms with Crippen LogP contribution >= 0.6 is 0 Å². The fourth-order valence-corrected chi connectivity index (χ4v) is 2.30. The molecule has 0 saturated carbocycles. The minimum Gasteiger partial charge on any atom is -0.489 e. The average molecular weight is 315 g/mol. The number of rotatable bonds is 5. The molecule has 0 aliphatic carbocycles. The molecule has 3 aromatic rings. The van der Waals surface area contributed by atoms with Crippen molar-refractivity contribution >= 4 is 16.7 Å². The Morgan fingerprint density at radius 2 is 1.78 bits per heavy atom. The van der Waals surface area contributed by atoms with Crippen molar-refractivity contribution in [3.05, 3.63) is 60.4 Å². The molecule has 0 aliphatic heterocycles. The number of hydrogen-bond acceptors (Lipinski definition) is 4. The van der Waals surface area contributed by atoms with Crippen molar-refractivity contribution in [2.75, 3.05) is 25.1 Å². The van der Waals surface area contributed by atoms with Gasteiger partial charge in [-0.3, -0.25) is 0 Å². The van der Waals surface area contributed by atoms with Gasteiger partial charge in [0.15, 0.2) is 11.6 Å². The van der Waals surface area contributed by atoms with Crippen LogP contribution in [-0.4, -0.2) is 30.2 Å². The maximum Gasteiger partial charge on any atom is 0.165 e. The van der Waals surface area contributed by atoms with Crippen LogP contribution in [0.5, 0.6) is 5.75 Å². The van der Waals surface area contributed by atoms with E-state index in [4.69, 9.17) is 4.74 Å². The lowest BCUT2D eigenvalue weighted by molar-refractivity contribution is 0.309. The predicted molar refractivity (Wildman–Crippen MR) is 84.7 cm³/mol. The van der Waals surface area contributed by atoms with Gasteiger partial charge in [-0.1, -0.05) is 18.2 Å². The third-order valence-electron chi connectivity index (χ3n) is 3.47. The van der Waals surface area contributed by atoms with E-state index in [9.17, 15) is 8.78 Å². The summed E-state index contributed by atoms with van der Waals surface area (Å²) in [5.74, 6) is -0.112. The van der Waals surface area contributed by atoms with Gasteiger partial charge in [0, 0.05) is 7.05 Å². The van der Waals surface area contributed by atoms with Gasteiger partial charge in [0.25, 0.3) is 0 Å². The predicted octanol–water partition coefficient (Wildman–Crippen LogP) is 3.42. The summed E-state index contributed by atoms with van der Waals surface area (Å²) >= 11 is 0. The highest BCUT2D eigenvalue weighted by molar-refractivity contribution is 5.89. The van der Waals surface area contributed by atoms with E-state index < -0.39 is 5.82 Å². The zero-order valence-electron chi connectivity index (χ0n) is 12.5. The van der Waals surface area contributed by atoms with Gasteiger partial charge in [-0.25, -0.2) is 18.7 Å². The largest absolute Gasteiger partial charge is 0.489 e. The Hall–Kier alpha value is -2.76. The number of nitrogens with zero attached hydrogens (tertiary/aromatic N) is 3. The van der Waals surface area contributed by atoms with Crippen LogP contribution in [0.4, 0.5) is 14.6 Å². The van der Waals surface area contributed by atoms with Crippen molar-refractivity contribution in [3.63, 3.8) is 0 Å². The minimum atomic E-state index is -0.409. The number of fused-ring (bicyclic) bond motifs is 1. The van der Waals surface area contributed by atoms with Crippen LogP contribution < -0.4 is 9.64 Å². The van der Waals surface area contributed by atoms with Crippen molar-refractivity contribution < 1.29 is 13.5 Å². The number of hydrogen-bond donors (Lipinski definition) is 0. The first-order valence-corrected chi connectivity index (χ1v) is 7.14. The van der Waals surface area contributed by atoms with Gasteiger partial charge in [-0.15, -0.1) is 0 Å². The van der Waals surface area contributed by atoms with Crippen molar-refractivity contribution in [1.29, 1.82) is 0 Å². The molecule has 0 saturated heterocycles. The summed E-state index contributed by atoms with van der Waals surface area (Å²) in [6.07, 6.45) is 1.39. The monoisotopic (exact) mass is 315 g/mol. The van der Waals surface area contributed by atoms with Crippen molar-refractivity contribution in [1.82, 2.24) is 9.97 Å². The van der Waals surface area contributed by atoms with Crippen LogP contribution in [0.25, 0.3) is 10.9 Å². The highest BCUT2D eigenvalue weighted by Gasteiger charge is 2.12. The second kappa shape index (κ2) is 6.56. The molecule has 0 bridgehead atoms. The Labute approximate surface area is 132 Å². The van der Waals surface area contributed by atoms with Gasteiger partial charge in [-0.2, -0.15) is 0 Å². The molecule has 23 heavy (non-hydrogen) atoms. The van der Waals surface area contributed by atoms with Crippen LogP contribution in [0.1, 0.15) is 0 Å². The topological polar surface area (TPSA) is 38.2 Å². The zero-order chi connectivity index (χ0) is 16.2. The second-order valence-corrected chi connectivity index (χ2v) is 5.03. The number of anilines is 1. The molecule has 3 rings (SSSR count). The molecule has 2 aromatic carbocycles. The summed E-state index contributed by atoms with van der Waals surface area (Å²) in [4.78, 5) is 9.98. The summed E-state index contributed by atoms with van der Waals surface area (Å²) in [7, 11) is 1.78. The van der Waals surface area contributed by atoms with Crippen molar-refractivity contribution in [2.24, 2.45) is 0 Å². The van der Waals surface area contributed by atoms with Crippen LogP contribution in [0.2, 0.25) is 0 Å². The highest BCUT2D eigenvalue weighted by atomic mass is 19.1. The second-order valence-electron chi connectivity index (χ2n) is 5.03. The van der Waals surface area contributed by atoms with E-state index in [1.54, 1.807) is 42.3 Å². The quantitative estimate of drug-likeness (QED) is 0.723. The molecule has 0 amide bonds. The minimum absolute atomic E-state index is 0.194. The van der Waals surface area contributed by atoms with E-state index in [2.05, 4.69) is 9.97 Å². The molecule has 0 aliphatic rings. The first-order valence-electron chi connectivity index (χ1n) is 7.14. The number of para-hydroxylation sites is 1. The lowest BCUT2D eigenvalue weighted by atomic mass is 10.2. The third-order valence-corrected chi connectivity index (χ3v) is 3.47. The molecular weight excluding hydrogens is 300 g/mol. The molecule has 4 nitrogen and oxygen atoms in total. The average Bonchev–Trinajstić information content (AvgIpc) is 2.56.